The predicted molar refractivity (Wildman–Crippen MR) is 146 cm³/mol. The summed E-state index contributed by atoms with van der Waals surface area (Å²) in [6, 6.07) is 21.3. The number of aliphatic imine (C=N–C) groups is 1. The fourth-order valence-electron chi connectivity index (χ4n) is 4.07. The summed E-state index contributed by atoms with van der Waals surface area (Å²) in [4.78, 5) is 47.7. The van der Waals surface area contributed by atoms with Gasteiger partial charge in [0, 0.05) is 5.56 Å². The number of ether oxygens (including phenoxy) is 2. The molecule has 0 radical (unpaired) electrons. The largest absolute Gasteiger partial charge is 0.465 e. The van der Waals surface area contributed by atoms with Crippen LogP contribution in [0.15, 0.2) is 82.6 Å². The van der Waals surface area contributed by atoms with Crippen LogP contribution in [0.5, 0.6) is 0 Å². The van der Waals surface area contributed by atoms with Crippen molar-refractivity contribution in [1.29, 1.82) is 0 Å². The van der Waals surface area contributed by atoms with Crippen LogP contribution in [0.4, 0.5) is 5.69 Å². The van der Waals surface area contributed by atoms with Gasteiger partial charge in [-0.15, -0.1) is 0 Å². The lowest BCUT2D eigenvalue weighted by atomic mass is 10.0. The number of methoxy groups -OCH3 is 2. The van der Waals surface area contributed by atoms with Crippen molar-refractivity contribution in [2.24, 2.45) is 4.99 Å². The highest BCUT2D eigenvalue weighted by Crippen LogP contribution is 2.28. The van der Waals surface area contributed by atoms with Gasteiger partial charge >= 0.3 is 11.9 Å². The average molecular weight is 527 g/mol. The van der Waals surface area contributed by atoms with E-state index < -0.39 is 11.9 Å². The summed E-state index contributed by atoms with van der Waals surface area (Å²) < 4.78 is 12.0. The maximum atomic E-state index is 13.8. The number of esters is 2. The molecule has 5 aromatic rings. The Morgan fingerprint density at radius 3 is 2.37 bits per heavy atom. The van der Waals surface area contributed by atoms with Crippen LogP contribution in [0.2, 0.25) is 0 Å². The van der Waals surface area contributed by atoms with Crippen LogP contribution in [0.1, 0.15) is 33.2 Å². The standard InChI is InChI=1S/C28H22N4O5S/c1-16(29-21-15-18(26(34)36-2)13-14-19(21)27(35)37-3)23-24(17-9-5-4-6-10-17)31-32(25(23)33)28-30-20-11-7-8-12-22(20)38-28/h4-15,31H,1-3H3. The quantitative estimate of drug-likeness (QED) is 0.241. The molecule has 3 aromatic carbocycles. The molecule has 0 spiro atoms. The molecule has 190 valence electrons. The smallest absolute Gasteiger partial charge is 0.340 e. The minimum atomic E-state index is -0.628. The zero-order chi connectivity index (χ0) is 26.8. The normalized spacial score (nSPS) is 11.5. The number of fused-ring (bicyclic) bond motifs is 1. The molecular formula is C28H22N4O5S. The van der Waals surface area contributed by atoms with E-state index in [2.05, 4.69) is 15.1 Å². The number of hydrogen-bond acceptors (Lipinski definition) is 8. The van der Waals surface area contributed by atoms with Crippen LogP contribution in [0, 0.1) is 0 Å². The molecule has 2 aromatic heterocycles. The Bertz CT molecular complexity index is 1730. The Morgan fingerprint density at radius 1 is 0.947 bits per heavy atom. The summed E-state index contributed by atoms with van der Waals surface area (Å²) in [7, 11) is 2.52. The topological polar surface area (TPSA) is 116 Å². The van der Waals surface area contributed by atoms with E-state index in [4.69, 9.17) is 9.47 Å². The number of para-hydroxylation sites is 1. The average Bonchev–Trinajstić information content (AvgIpc) is 3.53. The summed E-state index contributed by atoms with van der Waals surface area (Å²) >= 11 is 1.38. The number of benzene rings is 3. The summed E-state index contributed by atoms with van der Waals surface area (Å²) in [5.41, 5.74) is 2.89. The minimum Gasteiger partial charge on any atom is -0.465 e. The molecule has 0 amide bonds. The summed E-state index contributed by atoms with van der Waals surface area (Å²) in [6.45, 7) is 1.67. The Hall–Kier alpha value is -4.83. The Labute approximate surface area is 221 Å². The van der Waals surface area contributed by atoms with E-state index in [1.807, 2.05) is 54.6 Å². The molecule has 1 N–H and O–H groups in total. The summed E-state index contributed by atoms with van der Waals surface area (Å²) in [5.74, 6) is -1.21. The van der Waals surface area contributed by atoms with Gasteiger partial charge in [-0.25, -0.2) is 14.6 Å². The lowest BCUT2D eigenvalue weighted by Gasteiger charge is -2.08. The van der Waals surface area contributed by atoms with Crippen molar-refractivity contribution in [3.05, 3.63) is 99.8 Å². The molecule has 0 saturated heterocycles. The Morgan fingerprint density at radius 2 is 1.66 bits per heavy atom. The second kappa shape index (κ2) is 10.3. The number of carbonyl (C=O) groups excluding carboxylic acids is 2. The summed E-state index contributed by atoms with van der Waals surface area (Å²) in [6.07, 6.45) is 0. The van der Waals surface area contributed by atoms with Gasteiger partial charge in [0.25, 0.3) is 5.56 Å². The Kier molecular flexibility index (Phi) is 6.71. The molecule has 0 aliphatic carbocycles. The van der Waals surface area contributed by atoms with E-state index in [-0.39, 0.29) is 22.4 Å². The molecule has 0 fully saturated rings. The van der Waals surface area contributed by atoms with Gasteiger partial charge in [-0.1, -0.05) is 53.8 Å². The predicted octanol–water partition coefficient (Wildman–Crippen LogP) is 5.16. The van der Waals surface area contributed by atoms with Crippen molar-refractivity contribution >= 4 is 44.9 Å². The van der Waals surface area contributed by atoms with Crippen molar-refractivity contribution in [1.82, 2.24) is 14.8 Å². The number of carbonyl (C=O) groups is 2. The van der Waals surface area contributed by atoms with Crippen molar-refractivity contribution in [3.63, 3.8) is 0 Å². The zero-order valence-electron chi connectivity index (χ0n) is 20.7. The van der Waals surface area contributed by atoms with E-state index in [0.29, 0.717) is 22.1 Å². The summed E-state index contributed by atoms with van der Waals surface area (Å²) in [5, 5.41) is 3.68. The maximum Gasteiger partial charge on any atom is 0.340 e. The van der Waals surface area contributed by atoms with Crippen LogP contribution < -0.4 is 5.56 Å². The number of thiazole rings is 1. The minimum absolute atomic E-state index is 0.141. The van der Waals surface area contributed by atoms with Gasteiger partial charge in [-0.2, -0.15) is 4.68 Å². The molecule has 0 atom stereocenters. The molecule has 0 saturated carbocycles. The van der Waals surface area contributed by atoms with Crippen molar-refractivity contribution < 1.29 is 19.1 Å². The molecule has 2 heterocycles. The van der Waals surface area contributed by atoms with E-state index in [9.17, 15) is 14.4 Å². The fraction of sp³-hybridized carbons (Fsp3) is 0.107. The highest BCUT2D eigenvalue weighted by Gasteiger charge is 2.22. The second-order valence-electron chi connectivity index (χ2n) is 8.24. The molecule has 5 rings (SSSR count). The molecule has 0 aliphatic rings. The number of nitrogens with zero attached hydrogens (tertiary/aromatic N) is 3. The number of nitrogens with one attached hydrogen (secondary N) is 1. The van der Waals surface area contributed by atoms with E-state index in [1.165, 1.54) is 48.4 Å². The third kappa shape index (κ3) is 4.53. The SMILES string of the molecule is COC(=O)c1ccc(C(=O)OC)c(N=C(C)c2c(-c3ccccc3)[nH]n(-c3nc4ccccc4s3)c2=O)c1. The fourth-order valence-corrected chi connectivity index (χ4v) is 4.99. The van der Waals surface area contributed by atoms with Gasteiger partial charge in [0.2, 0.25) is 5.13 Å². The van der Waals surface area contributed by atoms with Gasteiger partial charge in [-0.3, -0.25) is 14.9 Å². The van der Waals surface area contributed by atoms with Crippen LogP contribution in [-0.2, 0) is 9.47 Å². The first-order valence-corrected chi connectivity index (χ1v) is 12.4. The van der Waals surface area contributed by atoms with Crippen LogP contribution in [0.25, 0.3) is 26.6 Å². The zero-order valence-corrected chi connectivity index (χ0v) is 21.5. The van der Waals surface area contributed by atoms with E-state index in [0.717, 1.165) is 15.8 Å². The number of hydrogen-bond donors (Lipinski definition) is 1. The highest BCUT2D eigenvalue weighted by molar-refractivity contribution is 7.20. The monoisotopic (exact) mass is 526 g/mol. The Balaban J connectivity index is 1.72. The molecule has 9 nitrogen and oxygen atoms in total. The third-order valence-corrected chi connectivity index (χ3v) is 6.92. The number of aromatic nitrogens is 3. The molecule has 0 unspecified atom stereocenters. The van der Waals surface area contributed by atoms with Crippen molar-refractivity contribution in [3.8, 4) is 16.4 Å². The van der Waals surface area contributed by atoms with Crippen LogP contribution in [-0.4, -0.2) is 46.6 Å². The maximum absolute atomic E-state index is 13.8. The first kappa shape index (κ1) is 24.8. The molecule has 10 heteroatoms. The van der Waals surface area contributed by atoms with E-state index >= 15 is 0 Å². The van der Waals surface area contributed by atoms with Gasteiger partial charge in [0.1, 0.15) is 0 Å². The van der Waals surface area contributed by atoms with Gasteiger partial charge < -0.3 is 9.47 Å². The van der Waals surface area contributed by atoms with Crippen LogP contribution in [0.3, 0.4) is 0 Å². The molecule has 0 bridgehead atoms. The van der Waals surface area contributed by atoms with E-state index in [1.54, 1.807) is 6.92 Å². The first-order chi connectivity index (χ1) is 18.4. The number of rotatable bonds is 6. The molecular weight excluding hydrogens is 504 g/mol. The van der Waals surface area contributed by atoms with Gasteiger partial charge in [-0.05, 0) is 37.3 Å². The first-order valence-electron chi connectivity index (χ1n) is 11.5. The third-order valence-electron chi connectivity index (χ3n) is 5.90. The van der Waals surface area contributed by atoms with Crippen molar-refractivity contribution in [2.45, 2.75) is 6.92 Å². The number of aromatic amines is 1. The molecule has 0 aliphatic heterocycles. The van der Waals surface area contributed by atoms with Crippen molar-refractivity contribution in [2.75, 3.05) is 14.2 Å². The second-order valence-corrected chi connectivity index (χ2v) is 9.25. The van der Waals surface area contributed by atoms with Gasteiger partial charge in [0.15, 0.2) is 0 Å². The van der Waals surface area contributed by atoms with Crippen LogP contribution >= 0.6 is 11.3 Å². The number of H-pyrrole nitrogens is 1. The highest BCUT2D eigenvalue weighted by atomic mass is 32.1. The van der Waals surface area contributed by atoms with Gasteiger partial charge in [0.05, 0.1) is 58.2 Å². The lowest BCUT2D eigenvalue weighted by molar-refractivity contribution is 0.0587. The lowest BCUT2D eigenvalue weighted by Crippen LogP contribution is -2.19. The molecule has 38 heavy (non-hydrogen) atoms.